The standard InChI is InChI=1S/C20H24ClN3O3/c1-14-7-8-18(27-3)17(9-14)23-19(25)11-22-20(26)13-24(2)12-15-5-4-6-16(21)10-15/h4-10H,11-13H2,1-3H3,(H,22,26)(H,23,25). The van der Waals surface area contributed by atoms with Crippen LogP contribution in [0.5, 0.6) is 5.75 Å². The van der Waals surface area contributed by atoms with Crippen LogP contribution in [-0.2, 0) is 16.1 Å². The number of rotatable bonds is 8. The molecule has 2 rings (SSSR count). The maximum absolute atomic E-state index is 12.1. The highest BCUT2D eigenvalue weighted by Crippen LogP contribution is 2.24. The summed E-state index contributed by atoms with van der Waals surface area (Å²) in [5.74, 6) is 0.0251. The first-order chi connectivity index (χ1) is 12.9. The van der Waals surface area contributed by atoms with Crippen LogP contribution in [0, 0.1) is 6.92 Å². The highest BCUT2D eigenvalue weighted by atomic mass is 35.5. The third kappa shape index (κ3) is 6.92. The molecule has 0 saturated carbocycles. The Morgan fingerprint density at radius 2 is 1.93 bits per heavy atom. The van der Waals surface area contributed by atoms with E-state index >= 15 is 0 Å². The highest BCUT2D eigenvalue weighted by Gasteiger charge is 2.11. The molecule has 0 bridgehead atoms. The lowest BCUT2D eigenvalue weighted by atomic mass is 10.2. The average molecular weight is 390 g/mol. The van der Waals surface area contributed by atoms with E-state index in [1.54, 1.807) is 12.1 Å². The van der Waals surface area contributed by atoms with E-state index in [1.165, 1.54) is 7.11 Å². The molecule has 0 spiro atoms. The number of amides is 2. The van der Waals surface area contributed by atoms with Gasteiger partial charge in [-0.15, -0.1) is 0 Å². The van der Waals surface area contributed by atoms with Gasteiger partial charge in [-0.3, -0.25) is 14.5 Å². The van der Waals surface area contributed by atoms with E-state index < -0.39 is 0 Å². The topological polar surface area (TPSA) is 70.7 Å². The number of anilines is 1. The first kappa shape index (κ1) is 20.7. The highest BCUT2D eigenvalue weighted by molar-refractivity contribution is 6.30. The molecule has 2 amide bonds. The molecular formula is C20H24ClN3O3. The smallest absolute Gasteiger partial charge is 0.243 e. The number of halogens is 1. The van der Waals surface area contributed by atoms with Gasteiger partial charge in [0.1, 0.15) is 5.75 Å². The first-order valence-electron chi connectivity index (χ1n) is 8.51. The van der Waals surface area contributed by atoms with Gasteiger partial charge in [-0.1, -0.05) is 29.8 Å². The van der Waals surface area contributed by atoms with E-state index in [0.29, 0.717) is 23.0 Å². The number of carbonyl (C=O) groups excluding carboxylic acids is 2. The largest absolute Gasteiger partial charge is 0.495 e. The minimum atomic E-state index is -0.315. The van der Waals surface area contributed by atoms with Crippen molar-refractivity contribution in [3.63, 3.8) is 0 Å². The number of nitrogens with zero attached hydrogens (tertiary/aromatic N) is 1. The maximum atomic E-state index is 12.1. The molecule has 2 aromatic carbocycles. The van der Waals surface area contributed by atoms with Crippen LogP contribution in [-0.4, -0.2) is 44.0 Å². The molecule has 0 unspecified atom stereocenters. The molecule has 2 N–H and O–H groups in total. The summed E-state index contributed by atoms with van der Waals surface area (Å²) in [5, 5.41) is 6.03. The number of nitrogens with one attached hydrogen (secondary N) is 2. The van der Waals surface area contributed by atoms with Crippen molar-refractivity contribution in [1.29, 1.82) is 0 Å². The summed E-state index contributed by atoms with van der Waals surface area (Å²) < 4.78 is 5.23. The number of ether oxygens (including phenoxy) is 1. The fourth-order valence-electron chi connectivity index (χ4n) is 2.60. The van der Waals surface area contributed by atoms with Gasteiger partial charge in [0.2, 0.25) is 11.8 Å². The van der Waals surface area contributed by atoms with Crippen LogP contribution in [0.3, 0.4) is 0 Å². The van der Waals surface area contributed by atoms with Crippen LogP contribution in [0.1, 0.15) is 11.1 Å². The molecule has 144 valence electrons. The molecular weight excluding hydrogens is 366 g/mol. The van der Waals surface area contributed by atoms with Crippen LogP contribution in [0.15, 0.2) is 42.5 Å². The summed E-state index contributed by atoms with van der Waals surface area (Å²) in [6.45, 7) is 2.57. The maximum Gasteiger partial charge on any atom is 0.243 e. The molecule has 0 aliphatic heterocycles. The third-order valence-electron chi connectivity index (χ3n) is 3.83. The summed E-state index contributed by atoms with van der Waals surface area (Å²) in [5.41, 5.74) is 2.59. The van der Waals surface area contributed by atoms with Gasteiger partial charge in [-0.2, -0.15) is 0 Å². The Bertz CT molecular complexity index is 811. The lowest BCUT2D eigenvalue weighted by Crippen LogP contribution is -2.39. The molecule has 0 heterocycles. The van der Waals surface area contributed by atoms with Crippen molar-refractivity contribution >= 4 is 29.1 Å². The predicted molar refractivity (Wildman–Crippen MR) is 107 cm³/mol. The minimum absolute atomic E-state index is 0.110. The van der Waals surface area contributed by atoms with Crippen molar-refractivity contribution in [2.24, 2.45) is 0 Å². The quantitative estimate of drug-likeness (QED) is 0.728. The minimum Gasteiger partial charge on any atom is -0.495 e. The summed E-state index contributed by atoms with van der Waals surface area (Å²) in [7, 11) is 3.37. The van der Waals surface area contributed by atoms with Crippen molar-refractivity contribution in [3.8, 4) is 5.75 Å². The van der Waals surface area contributed by atoms with Gasteiger partial charge in [0.05, 0.1) is 25.9 Å². The van der Waals surface area contributed by atoms with E-state index in [9.17, 15) is 9.59 Å². The number of carbonyl (C=O) groups is 2. The Balaban J connectivity index is 1.79. The van der Waals surface area contributed by atoms with Gasteiger partial charge < -0.3 is 15.4 Å². The van der Waals surface area contributed by atoms with Gasteiger partial charge in [0, 0.05) is 11.6 Å². The summed E-state index contributed by atoms with van der Waals surface area (Å²) in [6, 6.07) is 13.0. The predicted octanol–water partition coefficient (Wildman–Crippen LogP) is 2.84. The Kier molecular flexibility index (Phi) is 7.64. The zero-order chi connectivity index (χ0) is 19.8. The molecule has 0 atom stereocenters. The van der Waals surface area contributed by atoms with Gasteiger partial charge in [0.15, 0.2) is 0 Å². The second kappa shape index (κ2) is 9.94. The number of aryl methyl sites for hydroxylation is 1. The van der Waals surface area contributed by atoms with E-state index in [4.69, 9.17) is 16.3 Å². The molecule has 0 aromatic heterocycles. The van der Waals surface area contributed by atoms with Crippen molar-refractivity contribution in [2.75, 3.05) is 32.6 Å². The molecule has 0 aliphatic carbocycles. The molecule has 0 radical (unpaired) electrons. The number of hydrogen-bond acceptors (Lipinski definition) is 4. The lowest BCUT2D eigenvalue weighted by Gasteiger charge is -2.16. The number of benzene rings is 2. The van der Waals surface area contributed by atoms with E-state index in [0.717, 1.165) is 11.1 Å². The molecule has 7 heteroatoms. The van der Waals surface area contributed by atoms with Crippen LogP contribution < -0.4 is 15.4 Å². The average Bonchev–Trinajstić information content (AvgIpc) is 2.60. The molecule has 0 saturated heterocycles. The van der Waals surface area contributed by atoms with Crippen molar-refractivity contribution in [3.05, 3.63) is 58.6 Å². The summed E-state index contributed by atoms with van der Waals surface area (Å²) >= 11 is 5.97. The molecule has 0 fully saturated rings. The van der Waals surface area contributed by atoms with E-state index in [-0.39, 0.29) is 24.9 Å². The molecule has 27 heavy (non-hydrogen) atoms. The third-order valence-corrected chi connectivity index (χ3v) is 4.07. The van der Waals surface area contributed by atoms with Crippen LogP contribution in [0.4, 0.5) is 5.69 Å². The monoisotopic (exact) mass is 389 g/mol. The van der Waals surface area contributed by atoms with Gasteiger partial charge in [-0.25, -0.2) is 0 Å². The number of methoxy groups -OCH3 is 1. The number of likely N-dealkylation sites (N-methyl/N-ethyl adjacent to an activating group) is 1. The Morgan fingerprint density at radius 1 is 1.15 bits per heavy atom. The van der Waals surface area contributed by atoms with Gasteiger partial charge in [-0.05, 0) is 49.4 Å². The summed E-state index contributed by atoms with van der Waals surface area (Å²) in [4.78, 5) is 26.0. The SMILES string of the molecule is COc1ccc(C)cc1NC(=O)CNC(=O)CN(C)Cc1cccc(Cl)c1. The number of hydrogen-bond donors (Lipinski definition) is 2. The van der Waals surface area contributed by atoms with E-state index in [1.807, 2.05) is 49.2 Å². The van der Waals surface area contributed by atoms with Crippen LogP contribution >= 0.6 is 11.6 Å². The van der Waals surface area contributed by atoms with E-state index in [2.05, 4.69) is 10.6 Å². The molecule has 6 nitrogen and oxygen atoms in total. The Hall–Kier alpha value is -2.57. The Morgan fingerprint density at radius 3 is 2.63 bits per heavy atom. The van der Waals surface area contributed by atoms with Crippen LogP contribution in [0.2, 0.25) is 5.02 Å². The zero-order valence-corrected chi connectivity index (χ0v) is 16.5. The lowest BCUT2D eigenvalue weighted by molar-refractivity contribution is -0.124. The fraction of sp³-hybridized carbons (Fsp3) is 0.300. The van der Waals surface area contributed by atoms with Gasteiger partial charge >= 0.3 is 0 Å². The second-order valence-corrected chi connectivity index (χ2v) is 6.77. The summed E-state index contributed by atoms with van der Waals surface area (Å²) in [6.07, 6.45) is 0. The van der Waals surface area contributed by atoms with Crippen LogP contribution in [0.25, 0.3) is 0 Å². The fourth-order valence-corrected chi connectivity index (χ4v) is 2.81. The molecule has 0 aliphatic rings. The van der Waals surface area contributed by atoms with Gasteiger partial charge in [0.25, 0.3) is 0 Å². The zero-order valence-electron chi connectivity index (χ0n) is 15.7. The Labute approximate surface area is 164 Å². The van der Waals surface area contributed by atoms with Crippen molar-refractivity contribution in [1.82, 2.24) is 10.2 Å². The van der Waals surface area contributed by atoms with Crippen molar-refractivity contribution in [2.45, 2.75) is 13.5 Å². The normalized spacial score (nSPS) is 10.6. The molecule has 2 aromatic rings. The first-order valence-corrected chi connectivity index (χ1v) is 8.89. The van der Waals surface area contributed by atoms with Crippen molar-refractivity contribution < 1.29 is 14.3 Å². The second-order valence-electron chi connectivity index (χ2n) is 6.33.